The third kappa shape index (κ3) is 4.38. The number of carbonyl (C=O) groups excluding carboxylic acids is 1. The van der Waals surface area contributed by atoms with Gasteiger partial charge >= 0.3 is 5.97 Å². The fourth-order valence-electron chi connectivity index (χ4n) is 4.60. The third-order valence-electron chi connectivity index (χ3n) is 6.30. The van der Waals surface area contributed by atoms with E-state index >= 15 is 0 Å². The highest BCUT2D eigenvalue weighted by Crippen LogP contribution is 2.46. The number of ether oxygens (including phenoxy) is 1. The highest BCUT2D eigenvalue weighted by molar-refractivity contribution is 6.54. The second-order valence-electron chi connectivity index (χ2n) is 9.29. The van der Waals surface area contributed by atoms with E-state index in [-0.39, 0.29) is 23.3 Å². The van der Waals surface area contributed by atoms with E-state index in [1.54, 1.807) is 0 Å². The summed E-state index contributed by atoms with van der Waals surface area (Å²) in [4.78, 5) is 30.1. The molecule has 0 radical (unpaired) electrons. The van der Waals surface area contributed by atoms with E-state index in [0.717, 1.165) is 46.4 Å². The first-order valence-corrected chi connectivity index (χ1v) is 11.2. The Kier molecular flexibility index (Phi) is 6.00. The molecule has 0 heterocycles. The molecule has 0 aliphatic heterocycles. The van der Waals surface area contributed by atoms with Crippen LogP contribution in [-0.4, -0.2) is 35.2 Å². The molecular weight excluding hydrogens is 402 g/mol. The number of fused-ring (bicyclic) bond motifs is 2. The van der Waals surface area contributed by atoms with Gasteiger partial charge in [-0.15, -0.1) is 0 Å². The van der Waals surface area contributed by atoms with Gasteiger partial charge in [-0.05, 0) is 60.4 Å². The molecule has 5 heteroatoms. The van der Waals surface area contributed by atoms with Crippen molar-refractivity contribution in [2.24, 2.45) is 10.4 Å². The molecule has 5 nitrogen and oxygen atoms in total. The first-order chi connectivity index (χ1) is 15.3. The average Bonchev–Trinajstić information content (AvgIpc) is 2.76. The minimum atomic E-state index is -1.04. The average molecular weight is 432 g/mol. The number of allylic oxidation sites excluding steroid dienone is 2. The number of aliphatic carboxylic acids is 1. The van der Waals surface area contributed by atoms with E-state index < -0.39 is 12.0 Å². The molecule has 0 amide bonds. The first kappa shape index (κ1) is 22.0. The molecule has 2 aromatic rings. The molecule has 166 valence electrons. The van der Waals surface area contributed by atoms with Crippen molar-refractivity contribution in [3.05, 3.63) is 70.8 Å². The number of hydrogen-bond donors (Lipinski definition) is 1. The molecule has 2 aliphatic carbocycles. The number of carboxylic acids is 1. The maximum absolute atomic E-state index is 13.5. The summed E-state index contributed by atoms with van der Waals surface area (Å²) in [5, 5.41) is 9.88. The normalized spacial score (nSPS) is 19.3. The van der Waals surface area contributed by atoms with Crippen LogP contribution in [0.4, 0.5) is 0 Å². The van der Waals surface area contributed by atoms with Gasteiger partial charge in [0.05, 0.1) is 6.61 Å². The van der Waals surface area contributed by atoms with Crippen molar-refractivity contribution in [2.75, 3.05) is 6.61 Å². The Morgan fingerprint density at radius 3 is 2.44 bits per heavy atom. The van der Waals surface area contributed by atoms with Crippen LogP contribution in [0.3, 0.4) is 0 Å². The number of ketones is 1. The molecule has 0 fully saturated rings. The van der Waals surface area contributed by atoms with Crippen LogP contribution < -0.4 is 4.74 Å². The summed E-state index contributed by atoms with van der Waals surface area (Å²) < 4.78 is 5.46. The summed E-state index contributed by atoms with van der Waals surface area (Å²) in [6.07, 6.45) is 2.68. The predicted octanol–water partition coefficient (Wildman–Crippen LogP) is 5.12. The van der Waals surface area contributed by atoms with Gasteiger partial charge in [0.1, 0.15) is 11.5 Å². The molecule has 4 rings (SSSR count). The highest BCUT2D eigenvalue weighted by atomic mass is 16.5. The Balaban J connectivity index is 1.71. The topological polar surface area (TPSA) is 76.0 Å². The van der Waals surface area contributed by atoms with Crippen LogP contribution in [0, 0.1) is 5.41 Å². The fourth-order valence-corrected chi connectivity index (χ4v) is 4.60. The first-order valence-electron chi connectivity index (χ1n) is 11.2. The molecular formula is C27H29NO4. The summed E-state index contributed by atoms with van der Waals surface area (Å²) in [5.41, 5.74) is 4.90. The second-order valence-corrected chi connectivity index (χ2v) is 9.29. The van der Waals surface area contributed by atoms with Crippen LogP contribution in [0.1, 0.15) is 56.7 Å². The number of carbonyl (C=O) groups is 2. The molecule has 0 saturated heterocycles. The maximum atomic E-state index is 13.5. The van der Waals surface area contributed by atoms with Crippen molar-refractivity contribution in [2.45, 2.75) is 52.5 Å². The monoisotopic (exact) mass is 431 g/mol. The van der Waals surface area contributed by atoms with Crippen molar-refractivity contribution in [3.8, 4) is 5.75 Å². The molecule has 2 aromatic carbocycles. The SMILES string of the molecule is CCOc1ccc(C[C@H](/N=C2\C(=O)C3=C(CC(C)(C)CC3)c3ccccc32)C(=O)O)cc1. The van der Waals surface area contributed by atoms with E-state index in [4.69, 9.17) is 4.74 Å². The minimum Gasteiger partial charge on any atom is -0.494 e. The molecule has 1 atom stereocenters. The quantitative estimate of drug-likeness (QED) is 0.689. The van der Waals surface area contributed by atoms with E-state index in [9.17, 15) is 14.7 Å². The van der Waals surface area contributed by atoms with Gasteiger partial charge in [0.15, 0.2) is 6.04 Å². The Hall–Kier alpha value is -3.21. The molecule has 2 aliphatic rings. The Labute approximate surface area is 188 Å². The lowest BCUT2D eigenvalue weighted by Gasteiger charge is -2.36. The van der Waals surface area contributed by atoms with Gasteiger partial charge in [0.25, 0.3) is 0 Å². The lowest BCUT2D eigenvalue weighted by molar-refractivity contribution is -0.138. The molecule has 0 bridgehead atoms. The van der Waals surface area contributed by atoms with Gasteiger partial charge < -0.3 is 9.84 Å². The Morgan fingerprint density at radius 1 is 1.09 bits per heavy atom. The molecule has 0 aromatic heterocycles. The van der Waals surface area contributed by atoms with Crippen molar-refractivity contribution < 1.29 is 19.4 Å². The van der Waals surface area contributed by atoms with Gasteiger partial charge in [-0.1, -0.05) is 50.2 Å². The molecule has 0 saturated carbocycles. The zero-order valence-corrected chi connectivity index (χ0v) is 18.9. The second kappa shape index (κ2) is 8.73. The lowest BCUT2D eigenvalue weighted by Crippen LogP contribution is -2.32. The molecule has 1 N–H and O–H groups in total. The van der Waals surface area contributed by atoms with Crippen LogP contribution >= 0.6 is 0 Å². The van der Waals surface area contributed by atoms with Crippen LogP contribution in [-0.2, 0) is 16.0 Å². The van der Waals surface area contributed by atoms with Crippen LogP contribution in [0.2, 0.25) is 0 Å². The molecule has 0 spiro atoms. The number of rotatable bonds is 6. The number of benzene rings is 2. The van der Waals surface area contributed by atoms with Gasteiger partial charge in [-0.25, -0.2) is 4.79 Å². The zero-order valence-electron chi connectivity index (χ0n) is 18.9. The van der Waals surface area contributed by atoms with Crippen molar-refractivity contribution in [3.63, 3.8) is 0 Å². The largest absolute Gasteiger partial charge is 0.494 e. The number of aliphatic imine (C=N–C) groups is 1. The number of Topliss-reactive ketones (excluding diaryl/α,β-unsaturated/α-hetero) is 1. The van der Waals surface area contributed by atoms with Crippen molar-refractivity contribution in [1.29, 1.82) is 0 Å². The van der Waals surface area contributed by atoms with Crippen molar-refractivity contribution in [1.82, 2.24) is 0 Å². The van der Waals surface area contributed by atoms with E-state index in [1.165, 1.54) is 0 Å². The standard InChI is InChI=1S/C27H29NO4/c1-4-32-18-11-9-17(10-12-18)15-23(26(30)31)28-24-20-8-6-5-7-19(20)22-16-27(2,3)14-13-21(22)25(24)29/h5-12,23H,4,13-16H2,1-3H3,(H,30,31)/b28-24-/t23-/m0/s1. The van der Waals surface area contributed by atoms with Gasteiger partial charge in [-0.3, -0.25) is 9.79 Å². The molecule has 0 unspecified atom stereocenters. The van der Waals surface area contributed by atoms with E-state index in [0.29, 0.717) is 13.0 Å². The van der Waals surface area contributed by atoms with E-state index in [2.05, 4.69) is 18.8 Å². The Bertz CT molecular complexity index is 1110. The smallest absolute Gasteiger partial charge is 0.328 e. The van der Waals surface area contributed by atoms with Crippen LogP contribution in [0.25, 0.3) is 5.57 Å². The summed E-state index contributed by atoms with van der Waals surface area (Å²) in [6, 6.07) is 14.1. The molecule has 32 heavy (non-hydrogen) atoms. The number of carboxylic acid groups (broad SMARTS) is 1. The highest BCUT2D eigenvalue weighted by Gasteiger charge is 2.37. The van der Waals surface area contributed by atoms with Crippen molar-refractivity contribution >= 4 is 23.0 Å². The van der Waals surface area contributed by atoms with Crippen LogP contribution in [0.15, 0.2) is 59.1 Å². The minimum absolute atomic E-state index is 0.118. The maximum Gasteiger partial charge on any atom is 0.328 e. The van der Waals surface area contributed by atoms with Crippen LogP contribution in [0.5, 0.6) is 5.75 Å². The van der Waals surface area contributed by atoms with Gasteiger partial charge in [0, 0.05) is 17.6 Å². The third-order valence-corrected chi connectivity index (χ3v) is 6.30. The lowest BCUT2D eigenvalue weighted by atomic mass is 9.68. The summed E-state index contributed by atoms with van der Waals surface area (Å²) in [7, 11) is 0. The number of nitrogens with zero attached hydrogens (tertiary/aromatic N) is 1. The van der Waals surface area contributed by atoms with Gasteiger partial charge in [0.2, 0.25) is 5.78 Å². The number of hydrogen-bond acceptors (Lipinski definition) is 4. The van der Waals surface area contributed by atoms with Gasteiger partial charge in [-0.2, -0.15) is 0 Å². The fraction of sp³-hybridized carbons (Fsp3) is 0.370. The zero-order chi connectivity index (χ0) is 22.9. The summed E-state index contributed by atoms with van der Waals surface area (Å²) in [6.45, 7) is 6.94. The predicted molar refractivity (Wildman–Crippen MR) is 125 cm³/mol. The Morgan fingerprint density at radius 2 is 1.78 bits per heavy atom. The summed E-state index contributed by atoms with van der Waals surface area (Å²) in [5.74, 6) is -0.418. The van der Waals surface area contributed by atoms with E-state index in [1.807, 2.05) is 55.5 Å². The summed E-state index contributed by atoms with van der Waals surface area (Å²) >= 11 is 0.